The van der Waals surface area contributed by atoms with E-state index in [0.717, 1.165) is 65.3 Å². The van der Waals surface area contributed by atoms with Crippen LogP contribution in [0, 0.1) is 10.6 Å². The molecule has 2 aromatic heterocycles. The van der Waals surface area contributed by atoms with Gasteiger partial charge in [-0.15, -0.1) is 0 Å². The lowest BCUT2D eigenvalue weighted by atomic mass is 9.58. The Labute approximate surface area is 254 Å². The summed E-state index contributed by atoms with van der Waals surface area (Å²) < 4.78 is 61.6. The normalized spacial score (nSPS) is 24.7. The van der Waals surface area contributed by atoms with E-state index >= 15 is 0 Å². The van der Waals surface area contributed by atoms with Crippen LogP contribution in [0.4, 0.5) is 13.2 Å². The molecule has 4 aliphatic rings. The Bertz CT molecular complexity index is 1390. The van der Waals surface area contributed by atoms with Gasteiger partial charge < -0.3 is 19.1 Å². The third-order valence-electron chi connectivity index (χ3n) is 11.0. The van der Waals surface area contributed by atoms with E-state index in [0.29, 0.717) is 37.3 Å². The van der Waals surface area contributed by atoms with Crippen LogP contribution in [0.3, 0.4) is 0 Å². The van der Waals surface area contributed by atoms with Crippen molar-refractivity contribution in [3.05, 3.63) is 62.9 Å². The molecule has 1 saturated carbocycles. The Morgan fingerprint density at radius 2 is 1.74 bits per heavy atom. The molecule has 1 saturated heterocycles. The summed E-state index contributed by atoms with van der Waals surface area (Å²) in [5.41, 5.74) is 3.16. The van der Waals surface area contributed by atoms with Gasteiger partial charge in [-0.25, -0.2) is 0 Å². The van der Waals surface area contributed by atoms with Crippen molar-refractivity contribution < 1.29 is 31.8 Å². The summed E-state index contributed by atoms with van der Waals surface area (Å²) in [5, 5.41) is 14.6. The molecule has 2 aromatic rings. The van der Waals surface area contributed by atoms with Crippen molar-refractivity contribution >= 4 is 8.32 Å². The van der Waals surface area contributed by atoms with Gasteiger partial charge in [-0.05, 0) is 48.9 Å². The number of hydrogen-bond acceptors (Lipinski definition) is 5. The fraction of sp³-hybridized carbons (Fsp3) is 0.697. The first kappa shape index (κ1) is 31.0. The number of pyridine rings is 2. The van der Waals surface area contributed by atoms with E-state index in [9.17, 15) is 18.4 Å². The first-order chi connectivity index (χ1) is 20.0. The molecule has 0 aromatic carbocycles. The van der Waals surface area contributed by atoms with Gasteiger partial charge in [0.15, 0.2) is 14.0 Å². The van der Waals surface area contributed by atoms with E-state index < -0.39 is 31.9 Å². The minimum Gasteiger partial charge on any atom is -0.618 e. The van der Waals surface area contributed by atoms with E-state index in [1.807, 2.05) is 13.8 Å². The standard InChI is InChI=1S/C33H45F3N2O4Si/c1-20(2)28-26-27(32(13-15-40-16-14-32)41-29(26)21-9-10-24(37-19-21)33(34,35)36)25-22(38(28)39)17-31(11-8-12-31)18-23(25)42-43(6,7)30(3,4)5/h9-10,19-20,23,29H,8,11-18H2,1-7H3/t23?,29-/m1/s1. The second kappa shape index (κ2) is 10.3. The zero-order valence-electron chi connectivity index (χ0n) is 26.5. The lowest BCUT2D eigenvalue weighted by molar-refractivity contribution is -0.626. The Hall–Kier alpha value is -2.01. The van der Waals surface area contributed by atoms with Gasteiger partial charge in [0.25, 0.3) is 0 Å². The lowest BCUT2D eigenvalue weighted by Gasteiger charge is -2.50. The molecule has 2 aliphatic heterocycles. The number of ether oxygens (including phenoxy) is 2. The number of fused-ring (bicyclic) bond motifs is 4. The van der Waals surface area contributed by atoms with Crippen LogP contribution >= 0.6 is 0 Å². The number of hydrogen-bond donors (Lipinski definition) is 0. The molecule has 6 nitrogen and oxygen atoms in total. The minimum atomic E-state index is -4.54. The van der Waals surface area contributed by atoms with Crippen molar-refractivity contribution in [2.75, 3.05) is 13.2 Å². The average Bonchev–Trinajstić information content (AvgIpc) is 3.20. The van der Waals surface area contributed by atoms with Crippen LogP contribution in [0.5, 0.6) is 0 Å². The summed E-state index contributed by atoms with van der Waals surface area (Å²) in [6, 6.07) is 2.46. The van der Waals surface area contributed by atoms with E-state index in [1.165, 1.54) is 12.3 Å². The van der Waals surface area contributed by atoms with Gasteiger partial charge in [-0.3, -0.25) is 4.98 Å². The van der Waals surface area contributed by atoms with Crippen LogP contribution in [0.2, 0.25) is 18.1 Å². The van der Waals surface area contributed by atoms with Gasteiger partial charge in [-0.2, -0.15) is 17.9 Å². The van der Waals surface area contributed by atoms with E-state index in [-0.39, 0.29) is 22.5 Å². The Morgan fingerprint density at radius 3 is 2.26 bits per heavy atom. The molecular formula is C33H45F3N2O4Si. The molecule has 1 unspecified atom stereocenters. The van der Waals surface area contributed by atoms with E-state index in [4.69, 9.17) is 13.9 Å². The Kier molecular flexibility index (Phi) is 7.39. The molecule has 2 aliphatic carbocycles. The zero-order chi connectivity index (χ0) is 31.2. The van der Waals surface area contributed by atoms with Crippen molar-refractivity contribution in [1.82, 2.24) is 4.98 Å². The first-order valence-corrected chi connectivity index (χ1v) is 18.7. The number of rotatable bonds is 4. The smallest absolute Gasteiger partial charge is 0.433 e. The van der Waals surface area contributed by atoms with Gasteiger partial charge in [0.05, 0.1) is 22.8 Å². The SMILES string of the molecule is CC(C)c1c2c(c3c([n+]1[O-])CC1(CCC1)CC3O[Si](C)(C)C(C)(C)C)C1(CCOCC1)O[C@@H]2c1ccc(C(F)(F)F)nc1. The molecule has 0 bridgehead atoms. The molecule has 2 fully saturated rings. The molecule has 4 heterocycles. The van der Waals surface area contributed by atoms with Crippen LogP contribution in [-0.2, 0) is 32.1 Å². The van der Waals surface area contributed by atoms with Crippen LogP contribution in [0.1, 0.15) is 131 Å². The van der Waals surface area contributed by atoms with Gasteiger partial charge in [-0.1, -0.05) is 47.1 Å². The summed E-state index contributed by atoms with van der Waals surface area (Å²) in [6.45, 7) is 16.3. The van der Waals surface area contributed by atoms with Crippen LogP contribution in [0.25, 0.3) is 0 Å². The van der Waals surface area contributed by atoms with Crippen LogP contribution in [-0.4, -0.2) is 26.5 Å². The fourth-order valence-electron chi connectivity index (χ4n) is 7.59. The Morgan fingerprint density at radius 1 is 1.07 bits per heavy atom. The maximum absolute atomic E-state index is 14.6. The highest BCUT2D eigenvalue weighted by Crippen LogP contribution is 2.61. The van der Waals surface area contributed by atoms with E-state index in [2.05, 4.69) is 38.8 Å². The number of halogens is 3. The highest BCUT2D eigenvalue weighted by molar-refractivity contribution is 6.74. The highest BCUT2D eigenvalue weighted by atomic mass is 28.4. The van der Waals surface area contributed by atoms with Crippen molar-refractivity contribution in [2.45, 2.75) is 128 Å². The average molecular weight is 619 g/mol. The molecule has 2 spiro atoms. The summed E-state index contributed by atoms with van der Waals surface area (Å²) >= 11 is 0. The predicted octanol–water partition coefficient (Wildman–Crippen LogP) is 8.16. The van der Waals surface area contributed by atoms with Gasteiger partial charge >= 0.3 is 6.18 Å². The minimum absolute atomic E-state index is 0.0207. The van der Waals surface area contributed by atoms with Crippen molar-refractivity contribution in [3.8, 4) is 0 Å². The molecule has 2 atom stereocenters. The number of alkyl halides is 3. The summed E-state index contributed by atoms with van der Waals surface area (Å²) in [6.07, 6.45) is 1.92. The van der Waals surface area contributed by atoms with Crippen molar-refractivity contribution in [3.63, 3.8) is 0 Å². The Balaban J connectivity index is 1.61. The third kappa shape index (κ3) is 5.04. The largest absolute Gasteiger partial charge is 0.618 e. The second-order valence-electron chi connectivity index (χ2n) is 15.2. The second-order valence-corrected chi connectivity index (χ2v) is 19.9. The van der Waals surface area contributed by atoms with Gasteiger partial charge in [0, 0.05) is 55.7 Å². The van der Waals surface area contributed by atoms with Crippen molar-refractivity contribution in [2.24, 2.45) is 5.41 Å². The fourth-order valence-corrected chi connectivity index (χ4v) is 8.85. The molecule has 0 radical (unpaired) electrons. The molecular weight excluding hydrogens is 573 g/mol. The number of aromatic nitrogens is 2. The first-order valence-electron chi connectivity index (χ1n) is 15.8. The predicted molar refractivity (Wildman–Crippen MR) is 159 cm³/mol. The molecule has 0 N–H and O–H groups in total. The van der Waals surface area contributed by atoms with E-state index in [1.54, 1.807) is 0 Å². The van der Waals surface area contributed by atoms with Gasteiger partial charge in [0.2, 0.25) is 5.69 Å². The third-order valence-corrected chi connectivity index (χ3v) is 15.5. The number of nitrogens with zero attached hydrogens (tertiary/aromatic N) is 2. The lowest BCUT2D eigenvalue weighted by Crippen LogP contribution is -2.51. The molecule has 0 amide bonds. The molecule has 43 heavy (non-hydrogen) atoms. The van der Waals surface area contributed by atoms with Crippen LogP contribution < -0.4 is 4.73 Å². The monoisotopic (exact) mass is 618 g/mol. The summed E-state index contributed by atoms with van der Waals surface area (Å²) in [4.78, 5) is 3.78. The summed E-state index contributed by atoms with van der Waals surface area (Å²) in [7, 11) is -2.26. The summed E-state index contributed by atoms with van der Waals surface area (Å²) in [5.74, 6) is -0.126. The topological polar surface area (TPSA) is 67.5 Å². The van der Waals surface area contributed by atoms with Crippen LogP contribution in [0.15, 0.2) is 18.3 Å². The quantitative estimate of drug-likeness (QED) is 0.197. The highest BCUT2D eigenvalue weighted by Gasteiger charge is 2.58. The zero-order valence-corrected chi connectivity index (χ0v) is 27.5. The van der Waals surface area contributed by atoms with Gasteiger partial charge in [0.1, 0.15) is 11.8 Å². The molecule has 10 heteroatoms. The molecule has 236 valence electrons. The maximum atomic E-state index is 14.6. The molecule has 6 rings (SSSR count). The van der Waals surface area contributed by atoms with Crippen molar-refractivity contribution in [1.29, 1.82) is 0 Å². The maximum Gasteiger partial charge on any atom is 0.433 e.